The summed E-state index contributed by atoms with van der Waals surface area (Å²) in [4.78, 5) is 8.45. The average molecular weight is 259 g/mol. The van der Waals surface area contributed by atoms with Crippen LogP contribution in [0.25, 0.3) is 0 Å². The Morgan fingerprint density at radius 2 is 1.84 bits per heavy atom. The second-order valence-electron chi connectivity index (χ2n) is 4.14. The highest BCUT2D eigenvalue weighted by atomic mass is 16.5. The molecule has 1 aromatic carbocycles. The molecule has 0 aliphatic rings. The number of ether oxygens (including phenoxy) is 1. The first-order chi connectivity index (χ1) is 9.12. The van der Waals surface area contributed by atoms with Crippen molar-refractivity contribution in [3.63, 3.8) is 0 Å². The number of benzene rings is 1. The Bertz CT molecular complexity index is 585. The van der Waals surface area contributed by atoms with Crippen LogP contribution >= 0.6 is 0 Å². The fraction of sp³-hybridized carbons (Fsp3) is 0.231. The van der Waals surface area contributed by atoms with Gasteiger partial charge in [0.05, 0.1) is 7.11 Å². The van der Waals surface area contributed by atoms with E-state index in [1.807, 2.05) is 32.0 Å². The summed E-state index contributed by atoms with van der Waals surface area (Å²) < 4.78 is 5.18. The minimum atomic E-state index is 0.571. The number of nitrogens with one attached hydrogen (secondary N) is 2. The van der Waals surface area contributed by atoms with E-state index in [0.29, 0.717) is 17.5 Å². The van der Waals surface area contributed by atoms with Gasteiger partial charge in [-0.1, -0.05) is 0 Å². The molecule has 2 rings (SSSR count). The average Bonchev–Trinajstić information content (AvgIpc) is 2.40. The first-order valence-corrected chi connectivity index (χ1v) is 5.86. The van der Waals surface area contributed by atoms with Gasteiger partial charge in [-0.3, -0.25) is 0 Å². The fourth-order valence-electron chi connectivity index (χ4n) is 1.75. The van der Waals surface area contributed by atoms with Gasteiger partial charge in [0.15, 0.2) is 0 Å². The molecule has 6 nitrogen and oxygen atoms in total. The number of nitrogens with zero attached hydrogens (tertiary/aromatic N) is 2. The third-order valence-electron chi connectivity index (χ3n) is 2.68. The molecular weight excluding hydrogens is 242 g/mol. The van der Waals surface area contributed by atoms with Crippen molar-refractivity contribution in [2.75, 3.05) is 17.9 Å². The SMILES string of the molecule is COc1ccc(Nc2cc(NN)nc(C)n2)c(C)c1. The Labute approximate surface area is 112 Å². The molecule has 1 heterocycles. The lowest BCUT2D eigenvalue weighted by Gasteiger charge is -2.11. The zero-order valence-electron chi connectivity index (χ0n) is 11.2. The van der Waals surface area contributed by atoms with E-state index in [1.165, 1.54) is 0 Å². The van der Waals surface area contributed by atoms with Gasteiger partial charge in [0.25, 0.3) is 0 Å². The van der Waals surface area contributed by atoms with E-state index >= 15 is 0 Å². The summed E-state index contributed by atoms with van der Waals surface area (Å²) in [5.74, 6) is 8.09. The smallest absolute Gasteiger partial charge is 0.145 e. The number of hydrogen-bond donors (Lipinski definition) is 3. The number of nitrogens with two attached hydrogens (primary N) is 1. The Balaban J connectivity index is 2.28. The first kappa shape index (κ1) is 13.1. The summed E-state index contributed by atoms with van der Waals surface area (Å²) in [5, 5.41) is 3.24. The Morgan fingerprint density at radius 3 is 2.47 bits per heavy atom. The van der Waals surface area contributed by atoms with Gasteiger partial charge in [0.1, 0.15) is 23.2 Å². The van der Waals surface area contributed by atoms with Gasteiger partial charge in [0.2, 0.25) is 0 Å². The second kappa shape index (κ2) is 5.53. The lowest BCUT2D eigenvalue weighted by Crippen LogP contribution is -2.10. The molecule has 0 unspecified atom stereocenters. The van der Waals surface area contributed by atoms with Crippen LogP contribution in [0.2, 0.25) is 0 Å². The van der Waals surface area contributed by atoms with Crippen LogP contribution < -0.4 is 21.3 Å². The zero-order chi connectivity index (χ0) is 13.8. The first-order valence-electron chi connectivity index (χ1n) is 5.86. The minimum Gasteiger partial charge on any atom is -0.497 e. The summed E-state index contributed by atoms with van der Waals surface area (Å²) >= 11 is 0. The van der Waals surface area contributed by atoms with E-state index in [4.69, 9.17) is 10.6 Å². The number of nitrogen functional groups attached to an aromatic ring is 1. The van der Waals surface area contributed by atoms with Crippen LogP contribution in [0.5, 0.6) is 5.75 Å². The van der Waals surface area contributed by atoms with Crippen LogP contribution in [-0.4, -0.2) is 17.1 Å². The lowest BCUT2D eigenvalue weighted by atomic mass is 10.2. The maximum absolute atomic E-state index is 5.36. The Kier molecular flexibility index (Phi) is 3.82. The highest BCUT2D eigenvalue weighted by Crippen LogP contribution is 2.24. The number of rotatable bonds is 4. The van der Waals surface area contributed by atoms with Gasteiger partial charge >= 0.3 is 0 Å². The van der Waals surface area contributed by atoms with Gasteiger partial charge in [0, 0.05) is 11.8 Å². The minimum absolute atomic E-state index is 0.571. The molecule has 2 aromatic rings. The van der Waals surface area contributed by atoms with Crippen LogP contribution in [0.4, 0.5) is 17.3 Å². The number of methoxy groups -OCH3 is 1. The molecular formula is C13H17N5O. The molecule has 4 N–H and O–H groups in total. The number of hydrogen-bond acceptors (Lipinski definition) is 6. The van der Waals surface area contributed by atoms with E-state index in [9.17, 15) is 0 Å². The molecule has 0 aliphatic carbocycles. The van der Waals surface area contributed by atoms with Crippen LogP contribution in [0.15, 0.2) is 24.3 Å². The molecule has 0 aliphatic heterocycles. The maximum Gasteiger partial charge on any atom is 0.145 e. The number of aromatic nitrogens is 2. The predicted molar refractivity (Wildman–Crippen MR) is 75.6 cm³/mol. The van der Waals surface area contributed by atoms with Crippen molar-refractivity contribution in [3.05, 3.63) is 35.7 Å². The second-order valence-corrected chi connectivity index (χ2v) is 4.14. The van der Waals surface area contributed by atoms with Crippen molar-refractivity contribution in [2.45, 2.75) is 13.8 Å². The van der Waals surface area contributed by atoms with Gasteiger partial charge < -0.3 is 15.5 Å². The quantitative estimate of drug-likeness (QED) is 0.576. The fourth-order valence-corrected chi connectivity index (χ4v) is 1.75. The monoisotopic (exact) mass is 259 g/mol. The predicted octanol–water partition coefficient (Wildman–Crippen LogP) is 2.13. The molecule has 6 heteroatoms. The molecule has 0 saturated heterocycles. The van der Waals surface area contributed by atoms with Crippen LogP contribution in [0.1, 0.15) is 11.4 Å². The molecule has 0 amide bonds. The Hall–Kier alpha value is -2.34. The molecule has 0 fully saturated rings. The molecule has 1 aromatic heterocycles. The van der Waals surface area contributed by atoms with Gasteiger partial charge in [-0.05, 0) is 37.6 Å². The molecule has 0 bridgehead atoms. The van der Waals surface area contributed by atoms with Crippen molar-refractivity contribution < 1.29 is 4.74 Å². The van der Waals surface area contributed by atoms with E-state index in [1.54, 1.807) is 13.2 Å². The van der Waals surface area contributed by atoms with Crippen LogP contribution in [-0.2, 0) is 0 Å². The van der Waals surface area contributed by atoms with Crippen LogP contribution in [0.3, 0.4) is 0 Å². The number of anilines is 3. The molecule has 0 saturated carbocycles. The highest BCUT2D eigenvalue weighted by Gasteiger charge is 2.04. The maximum atomic E-state index is 5.36. The van der Waals surface area contributed by atoms with Crippen molar-refractivity contribution in [1.29, 1.82) is 0 Å². The highest BCUT2D eigenvalue weighted by molar-refractivity contribution is 5.63. The van der Waals surface area contributed by atoms with E-state index in [2.05, 4.69) is 20.7 Å². The lowest BCUT2D eigenvalue weighted by molar-refractivity contribution is 0.414. The third kappa shape index (κ3) is 3.11. The summed E-state index contributed by atoms with van der Waals surface area (Å²) in [6.45, 7) is 3.81. The normalized spacial score (nSPS) is 10.1. The summed E-state index contributed by atoms with van der Waals surface area (Å²) in [5.41, 5.74) is 4.54. The van der Waals surface area contributed by atoms with Crippen molar-refractivity contribution in [2.24, 2.45) is 5.84 Å². The van der Waals surface area contributed by atoms with Gasteiger partial charge in [-0.25, -0.2) is 15.8 Å². The van der Waals surface area contributed by atoms with Gasteiger partial charge in [-0.15, -0.1) is 0 Å². The van der Waals surface area contributed by atoms with Gasteiger partial charge in [-0.2, -0.15) is 0 Å². The van der Waals surface area contributed by atoms with Crippen molar-refractivity contribution in [1.82, 2.24) is 9.97 Å². The molecule has 0 radical (unpaired) electrons. The van der Waals surface area contributed by atoms with Crippen molar-refractivity contribution >= 4 is 17.3 Å². The third-order valence-corrected chi connectivity index (χ3v) is 2.68. The van der Waals surface area contributed by atoms with E-state index < -0.39 is 0 Å². The molecule has 19 heavy (non-hydrogen) atoms. The largest absolute Gasteiger partial charge is 0.497 e. The van der Waals surface area contributed by atoms with Crippen LogP contribution in [0, 0.1) is 13.8 Å². The number of hydrazine groups is 1. The zero-order valence-corrected chi connectivity index (χ0v) is 11.2. The topological polar surface area (TPSA) is 85.1 Å². The van der Waals surface area contributed by atoms with E-state index in [0.717, 1.165) is 17.0 Å². The summed E-state index contributed by atoms with van der Waals surface area (Å²) in [6.07, 6.45) is 0. The molecule has 0 spiro atoms. The van der Waals surface area contributed by atoms with E-state index in [-0.39, 0.29) is 0 Å². The summed E-state index contributed by atoms with van der Waals surface area (Å²) in [7, 11) is 1.65. The number of aryl methyl sites for hydroxylation is 2. The summed E-state index contributed by atoms with van der Waals surface area (Å²) in [6, 6.07) is 7.54. The Morgan fingerprint density at radius 1 is 1.11 bits per heavy atom. The van der Waals surface area contributed by atoms with Crippen molar-refractivity contribution in [3.8, 4) is 5.75 Å². The standard InChI is InChI=1S/C13H17N5O/c1-8-6-10(19-3)4-5-11(8)17-12-7-13(18-14)16-9(2)15-12/h4-7H,14H2,1-3H3,(H2,15,16,17,18). The molecule has 100 valence electrons. The molecule has 0 atom stereocenters.